The van der Waals surface area contributed by atoms with Crippen LogP contribution in [0, 0.1) is 0 Å². The molecule has 8 nitrogen and oxygen atoms in total. The Morgan fingerprint density at radius 1 is 1.13 bits per heavy atom. The van der Waals surface area contributed by atoms with Crippen LogP contribution in [0.15, 0.2) is 29.0 Å². The summed E-state index contributed by atoms with van der Waals surface area (Å²) in [4.78, 5) is 25.2. The summed E-state index contributed by atoms with van der Waals surface area (Å²) >= 11 is 0. The molecular weight excluding hydrogens is 380 g/mol. The number of piperidine rings is 1. The summed E-state index contributed by atoms with van der Waals surface area (Å²) in [5, 5.41) is 4.21. The zero-order valence-corrected chi connectivity index (χ0v) is 17.5. The van der Waals surface area contributed by atoms with Crippen molar-refractivity contribution in [3.63, 3.8) is 0 Å². The zero-order valence-electron chi connectivity index (χ0n) is 17.5. The number of imidazole rings is 1. The van der Waals surface area contributed by atoms with E-state index in [2.05, 4.69) is 30.7 Å². The van der Waals surface area contributed by atoms with Gasteiger partial charge >= 0.3 is 0 Å². The maximum Gasteiger partial charge on any atom is 0.230 e. The lowest BCUT2D eigenvalue weighted by molar-refractivity contribution is -0.129. The Bertz CT molecular complexity index is 1030. The Labute approximate surface area is 175 Å². The van der Waals surface area contributed by atoms with Crippen LogP contribution in [0.4, 0.5) is 0 Å². The number of likely N-dealkylation sites (tertiary alicyclic amines) is 2. The maximum atomic E-state index is 11.5. The molecule has 2 saturated heterocycles. The SMILES string of the molecule is CC(=O)N1CCC(c2nc(-c3ccc4c(c3)ncn4CCN3CCCC3)no2)CC1. The Balaban J connectivity index is 1.28. The van der Waals surface area contributed by atoms with Crippen LogP contribution < -0.4 is 0 Å². The summed E-state index contributed by atoms with van der Waals surface area (Å²) in [5.74, 6) is 1.63. The van der Waals surface area contributed by atoms with Crippen LogP contribution in [0.25, 0.3) is 22.4 Å². The first kappa shape index (κ1) is 19.2. The van der Waals surface area contributed by atoms with Crippen molar-refractivity contribution in [1.82, 2.24) is 29.5 Å². The average molecular weight is 409 g/mol. The second-order valence-electron chi connectivity index (χ2n) is 8.43. The summed E-state index contributed by atoms with van der Waals surface area (Å²) in [6.07, 6.45) is 6.28. The first-order valence-corrected chi connectivity index (χ1v) is 10.9. The minimum Gasteiger partial charge on any atom is -0.343 e. The second kappa shape index (κ2) is 8.18. The molecule has 2 aromatic heterocycles. The summed E-state index contributed by atoms with van der Waals surface area (Å²) < 4.78 is 7.80. The minimum absolute atomic E-state index is 0.132. The van der Waals surface area contributed by atoms with E-state index in [1.807, 2.05) is 23.4 Å². The molecule has 2 fully saturated rings. The third kappa shape index (κ3) is 3.84. The molecule has 0 atom stereocenters. The smallest absolute Gasteiger partial charge is 0.230 e. The van der Waals surface area contributed by atoms with Crippen molar-refractivity contribution in [2.24, 2.45) is 0 Å². The van der Waals surface area contributed by atoms with Gasteiger partial charge in [-0.25, -0.2) is 4.98 Å². The summed E-state index contributed by atoms with van der Waals surface area (Å²) in [7, 11) is 0. The first-order valence-electron chi connectivity index (χ1n) is 10.9. The highest BCUT2D eigenvalue weighted by atomic mass is 16.5. The van der Waals surface area contributed by atoms with Crippen LogP contribution in [-0.4, -0.2) is 68.1 Å². The number of hydrogen-bond acceptors (Lipinski definition) is 6. The number of amides is 1. The number of carbonyl (C=O) groups is 1. The van der Waals surface area contributed by atoms with Gasteiger partial charge in [-0.3, -0.25) is 4.79 Å². The van der Waals surface area contributed by atoms with Gasteiger partial charge in [0.15, 0.2) is 0 Å². The molecule has 0 spiro atoms. The Hall–Kier alpha value is -2.74. The predicted octanol–water partition coefficient (Wildman–Crippen LogP) is 2.91. The fraction of sp³-hybridized carbons (Fsp3) is 0.545. The molecule has 4 heterocycles. The Morgan fingerprint density at radius 3 is 2.70 bits per heavy atom. The molecule has 2 aliphatic heterocycles. The standard InChI is InChI=1S/C22H28N6O2/c1-16(29)27-10-6-17(7-11-27)22-24-21(25-30-22)18-4-5-20-19(14-18)23-15-28(20)13-12-26-8-2-3-9-26/h4-5,14-15,17H,2-3,6-13H2,1H3. The molecular formula is C22H28N6O2. The molecule has 2 aliphatic rings. The van der Waals surface area contributed by atoms with Crippen molar-refractivity contribution < 1.29 is 9.32 Å². The number of rotatable bonds is 5. The van der Waals surface area contributed by atoms with Gasteiger partial charge in [0.05, 0.1) is 17.4 Å². The number of hydrogen-bond donors (Lipinski definition) is 0. The lowest BCUT2D eigenvalue weighted by Gasteiger charge is -2.29. The molecule has 0 aliphatic carbocycles. The summed E-state index contributed by atoms with van der Waals surface area (Å²) in [5.41, 5.74) is 3.01. The van der Waals surface area contributed by atoms with E-state index < -0.39 is 0 Å². The average Bonchev–Trinajstić information content (AvgIpc) is 3.52. The predicted molar refractivity (Wildman–Crippen MR) is 113 cm³/mol. The van der Waals surface area contributed by atoms with Crippen molar-refractivity contribution in [2.75, 3.05) is 32.7 Å². The van der Waals surface area contributed by atoms with Gasteiger partial charge in [0, 0.05) is 44.6 Å². The van der Waals surface area contributed by atoms with Gasteiger partial charge in [-0.2, -0.15) is 4.98 Å². The van der Waals surface area contributed by atoms with Crippen LogP contribution in [0.3, 0.4) is 0 Å². The number of benzene rings is 1. The summed E-state index contributed by atoms with van der Waals surface area (Å²) in [6, 6.07) is 6.18. The third-order valence-electron chi connectivity index (χ3n) is 6.47. The number of fused-ring (bicyclic) bond motifs is 1. The molecule has 0 radical (unpaired) electrons. The molecule has 5 rings (SSSR count). The van der Waals surface area contributed by atoms with E-state index in [1.165, 1.54) is 25.9 Å². The van der Waals surface area contributed by atoms with Crippen molar-refractivity contribution in [2.45, 2.75) is 45.1 Å². The van der Waals surface area contributed by atoms with E-state index >= 15 is 0 Å². The second-order valence-corrected chi connectivity index (χ2v) is 8.43. The van der Waals surface area contributed by atoms with E-state index in [-0.39, 0.29) is 11.8 Å². The molecule has 8 heteroatoms. The van der Waals surface area contributed by atoms with Crippen LogP contribution in [0.1, 0.15) is 44.4 Å². The number of aromatic nitrogens is 4. The number of carbonyl (C=O) groups excluding carboxylic acids is 1. The van der Waals surface area contributed by atoms with Gasteiger partial charge < -0.3 is 18.9 Å². The van der Waals surface area contributed by atoms with Gasteiger partial charge in [-0.05, 0) is 57.0 Å². The van der Waals surface area contributed by atoms with Crippen LogP contribution in [-0.2, 0) is 11.3 Å². The van der Waals surface area contributed by atoms with E-state index in [0.29, 0.717) is 11.7 Å². The summed E-state index contributed by atoms with van der Waals surface area (Å²) in [6.45, 7) is 7.58. The molecule has 158 valence electrons. The minimum atomic E-state index is 0.132. The Morgan fingerprint density at radius 2 is 1.93 bits per heavy atom. The third-order valence-corrected chi connectivity index (χ3v) is 6.47. The largest absolute Gasteiger partial charge is 0.343 e. The molecule has 1 aromatic carbocycles. The quantitative estimate of drug-likeness (QED) is 0.646. The molecule has 0 unspecified atom stereocenters. The van der Waals surface area contributed by atoms with Gasteiger partial charge in [-0.15, -0.1) is 0 Å². The van der Waals surface area contributed by atoms with Crippen LogP contribution in [0.2, 0.25) is 0 Å². The van der Waals surface area contributed by atoms with Gasteiger partial charge in [0.25, 0.3) is 0 Å². The van der Waals surface area contributed by atoms with Gasteiger partial charge in [0.1, 0.15) is 0 Å². The lowest BCUT2D eigenvalue weighted by atomic mass is 9.97. The van der Waals surface area contributed by atoms with Gasteiger partial charge in [0.2, 0.25) is 17.6 Å². The Kier molecular flexibility index (Phi) is 5.25. The van der Waals surface area contributed by atoms with Crippen LogP contribution >= 0.6 is 0 Å². The lowest BCUT2D eigenvalue weighted by Crippen LogP contribution is -2.36. The molecule has 30 heavy (non-hydrogen) atoms. The van der Waals surface area contributed by atoms with Crippen molar-refractivity contribution in [1.29, 1.82) is 0 Å². The van der Waals surface area contributed by atoms with Crippen molar-refractivity contribution >= 4 is 16.9 Å². The topological polar surface area (TPSA) is 80.3 Å². The first-order chi connectivity index (χ1) is 14.7. The molecule has 0 N–H and O–H groups in total. The van der Waals surface area contributed by atoms with E-state index in [1.54, 1.807) is 6.92 Å². The highest BCUT2D eigenvalue weighted by Crippen LogP contribution is 2.29. The molecule has 0 bridgehead atoms. The van der Waals surface area contributed by atoms with Gasteiger partial charge in [-0.1, -0.05) is 5.16 Å². The van der Waals surface area contributed by atoms with Crippen molar-refractivity contribution in [3.8, 4) is 11.4 Å². The fourth-order valence-corrected chi connectivity index (χ4v) is 4.60. The zero-order chi connectivity index (χ0) is 20.5. The normalized spacial score (nSPS) is 18.5. The molecule has 0 saturated carbocycles. The van der Waals surface area contributed by atoms with Crippen molar-refractivity contribution in [3.05, 3.63) is 30.4 Å². The van der Waals surface area contributed by atoms with E-state index in [9.17, 15) is 4.79 Å². The highest BCUT2D eigenvalue weighted by molar-refractivity contribution is 5.80. The molecule has 1 amide bonds. The monoisotopic (exact) mass is 408 g/mol. The van der Waals surface area contributed by atoms with Crippen LogP contribution in [0.5, 0.6) is 0 Å². The fourth-order valence-electron chi connectivity index (χ4n) is 4.60. The number of nitrogens with zero attached hydrogens (tertiary/aromatic N) is 6. The molecule has 3 aromatic rings. The maximum absolute atomic E-state index is 11.5. The van der Waals surface area contributed by atoms with E-state index in [0.717, 1.165) is 55.6 Å². The van der Waals surface area contributed by atoms with E-state index in [4.69, 9.17) is 4.52 Å². The highest BCUT2D eigenvalue weighted by Gasteiger charge is 2.26.